The highest BCUT2D eigenvalue weighted by Crippen LogP contribution is 2.41. The number of aryl methyl sites for hydroxylation is 1. The van der Waals surface area contributed by atoms with E-state index in [-0.39, 0.29) is 5.97 Å². The van der Waals surface area contributed by atoms with Crippen LogP contribution in [0.5, 0.6) is 0 Å². The molecule has 0 radical (unpaired) electrons. The third-order valence-electron chi connectivity index (χ3n) is 6.14. The van der Waals surface area contributed by atoms with Crippen molar-refractivity contribution >= 4 is 28.9 Å². The van der Waals surface area contributed by atoms with E-state index in [1.807, 2.05) is 37.3 Å². The van der Waals surface area contributed by atoms with E-state index in [1.165, 1.54) is 21.0 Å². The molecular formula is C28H31ClN2O2S. The maximum atomic E-state index is 11.7. The molecule has 0 spiro atoms. The standard InChI is InChI=1S/C28H31ClN2O2S/c1-4-33-25(32)17-20(3)18-31-15-13-23(14-16-31)28-30-26(21-9-11-24(29)12-10-21)27(34-28)22-7-5-19(2)6-8-22/h5-12,17,23H,4,13-16,18H2,1-3H3. The molecule has 4 rings (SSSR count). The number of benzene rings is 2. The Balaban J connectivity index is 1.51. The molecule has 1 aliphatic heterocycles. The number of aromatic nitrogens is 1. The number of piperidine rings is 1. The van der Waals surface area contributed by atoms with E-state index in [0.29, 0.717) is 12.5 Å². The third kappa shape index (κ3) is 6.15. The summed E-state index contributed by atoms with van der Waals surface area (Å²) in [5, 5.41) is 1.94. The van der Waals surface area contributed by atoms with Crippen molar-refractivity contribution in [3.63, 3.8) is 0 Å². The van der Waals surface area contributed by atoms with Crippen LogP contribution in [0.15, 0.2) is 60.2 Å². The quantitative estimate of drug-likeness (QED) is 0.259. The molecule has 34 heavy (non-hydrogen) atoms. The van der Waals surface area contributed by atoms with Crippen molar-refractivity contribution in [2.75, 3.05) is 26.2 Å². The van der Waals surface area contributed by atoms with Crippen LogP contribution >= 0.6 is 22.9 Å². The second kappa shape index (κ2) is 11.3. The molecule has 4 nitrogen and oxygen atoms in total. The molecule has 178 valence electrons. The molecule has 0 unspecified atom stereocenters. The number of likely N-dealkylation sites (tertiary alicyclic amines) is 1. The van der Waals surface area contributed by atoms with Crippen LogP contribution in [-0.2, 0) is 9.53 Å². The van der Waals surface area contributed by atoms with Crippen molar-refractivity contribution in [2.24, 2.45) is 0 Å². The van der Waals surface area contributed by atoms with E-state index in [0.717, 1.165) is 54.3 Å². The summed E-state index contributed by atoms with van der Waals surface area (Å²) in [6, 6.07) is 16.7. The minimum atomic E-state index is -0.254. The van der Waals surface area contributed by atoms with E-state index in [2.05, 4.69) is 48.2 Å². The lowest BCUT2D eigenvalue weighted by Crippen LogP contribution is -2.34. The molecule has 2 aromatic carbocycles. The topological polar surface area (TPSA) is 42.4 Å². The van der Waals surface area contributed by atoms with Crippen LogP contribution in [0.4, 0.5) is 0 Å². The molecule has 0 N–H and O–H groups in total. The van der Waals surface area contributed by atoms with E-state index in [9.17, 15) is 4.79 Å². The van der Waals surface area contributed by atoms with Gasteiger partial charge in [0.1, 0.15) is 0 Å². The van der Waals surface area contributed by atoms with Crippen LogP contribution < -0.4 is 0 Å². The molecular weight excluding hydrogens is 464 g/mol. The van der Waals surface area contributed by atoms with Gasteiger partial charge in [-0.3, -0.25) is 4.90 Å². The zero-order chi connectivity index (χ0) is 24.1. The minimum Gasteiger partial charge on any atom is -0.463 e. The van der Waals surface area contributed by atoms with Crippen LogP contribution in [0.3, 0.4) is 0 Å². The fourth-order valence-corrected chi connectivity index (χ4v) is 5.73. The molecule has 0 saturated carbocycles. The van der Waals surface area contributed by atoms with E-state index < -0.39 is 0 Å². The summed E-state index contributed by atoms with van der Waals surface area (Å²) in [4.78, 5) is 20.5. The van der Waals surface area contributed by atoms with E-state index in [4.69, 9.17) is 21.3 Å². The molecule has 0 bridgehead atoms. The number of ether oxygens (including phenoxy) is 1. The number of hydrogen-bond acceptors (Lipinski definition) is 5. The molecule has 1 aromatic heterocycles. The average Bonchev–Trinajstić information content (AvgIpc) is 3.26. The van der Waals surface area contributed by atoms with Gasteiger partial charge in [0, 0.05) is 29.1 Å². The smallest absolute Gasteiger partial charge is 0.330 e. The lowest BCUT2D eigenvalue weighted by Gasteiger charge is -2.31. The number of carbonyl (C=O) groups excluding carboxylic acids is 1. The van der Waals surface area contributed by atoms with Crippen molar-refractivity contribution in [1.29, 1.82) is 0 Å². The number of esters is 1. The summed E-state index contributed by atoms with van der Waals surface area (Å²) in [6.07, 6.45) is 3.74. The van der Waals surface area contributed by atoms with Crippen LogP contribution in [0, 0.1) is 6.92 Å². The van der Waals surface area contributed by atoms with Gasteiger partial charge in [-0.25, -0.2) is 9.78 Å². The molecule has 3 aromatic rings. The molecule has 0 amide bonds. The fourth-order valence-electron chi connectivity index (χ4n) is 4.34. The maximum absolute atomic E-state index is 11.7. The Labute approximate surface area is 211 Å². The Kier molecular flexibility index (Phi) is 8.19. The predicted octanol–water partition coefficient (Wildman–Crippen LogP) is 7.13. The summed E-state index contributed by atoms with van der Waals surface area (Å²) >= 11 is 7.96. The van der Waals surface area contributed by atoms with Gasteiger partial charge >= 0.3 is 5.97 Å². The molecule has 1 aliphatic rings. The Morgan fingerprint density at radius 1 is 1.12 bits per heavy atom. The van der Waals surface area contributed by atoms with E-state index >= 15 is 0 Å². The zero-order valence-electron chi connectivity index (χ0n) is 20.0. The predicted molar refractivity (Wildman–Crippen MR) is 142 cm³/mol. The van der Waals surface area contributed by atoms with E-state index in [1.54, 1.807) is 6.08 Å². The molecule has 1 fully saturated rings. The number of halogens is 1. The highest BCUT2D eigenvalue weighted by atomic mass is 35.5. The highest BCUT2D eigenvalue weighted by molar-refractivity contribution is 7.15. The first-order chi connectivity index (χ1) is 16.4. The van der Waals surface area contributed by atoms with Gasteiger partial charge in [-0.1, -0.05) is 59.1 Å². The molecule has 6 heteroatoms. The number of hydrogen-bond donors (Lipinski definition) is 0. The second-order valence-corrected chi connectivity index (χ2v) is 10.4. The lowest BCUT2D eigenvalue weighted by molar-refractivity contribution is -0.137. The van der Waals surface area contributed by atoms with Gasteiger partial charge in [0.05, 0.1) is 22.2 Å². The van der Waals surface area contributed by atoms with Crippen LogP contribution in [0.25, 0.3) is 21.7 Å². The first kappa shape index (κ1) is 24.6. The molecule has 0 aliphatic carbocycles. The van der Waals surface area contributed by atoms with Gasteiger partial charge in [0.15, 0.2) is 0 Å². The Bertz CT molecular complexity index is 1080. The van der Waals surface area contributed by atoms with Crippen LogP contribution in [0.2, 0.25) is 5.02 Å². The minimum absolute atomic E-state index is 0.254. The largest absolute Gasteiger partial charge is 0.463 e. The number of rotatable bonds is 7. The zero-order valence-corrected chi connectivity index (χ0v) is 21.6. The van der Waals surface area contributed by atoms with Gasteiger partial charge in [-0.2, -0.15) is 0 Å². The summed E-state index contributed by atoms with van der Waals surface area (Å²) in [6.45, 7) is 9.13. The third-order valence-corrected chi connectivity index (χ3v) is 7.65. The monoisotopic (exact) mass is 494 g/mol. The first-order valence-corrected chi connectivity index (χ1v) is 13.0. The normalized spacial score (nSPS) is 15.5. The van der Waals surface area contributed by atoms with Gasteiger partial charge < -0.3 is 4.74 Å². The van der Waals surface area contributed by atoms with Crippen molar-refractivity contribution in [3.05, 3.63) is 75.8 Å². The van der Waals surface area contributed by atoms with Gasteiger partial charge in [0.25, 0.3) is 0 Å². The summed E-state index contributed by atoms with van der Waals surface area (Å²) < 4.78 is 5.03. The maximum Gasteiger partial charge on any atom is 0.330 e. The Morgan fingerprint density at radius 3 is 2.41 bits per heavy atom. The summed E-state index contributed by atoms with van der Waals surface area (Å²) in [5.41, 5.74) is 5.63. The van der Waals surface area contributed by atoms with Gasteiger partial charge in [-0.05, 0) is 64.4 Å². The molecule has 2 heterocycles. The Hall–Kier alpha value is -2.47. The highest BCUT2D eigenvalue weighted by Gasteiger charge is 2.25. The van der Waals surface area contributed by atoms with Crippen molar-refractivity contribution < 1.29 is 9.53 Å². The van der Waals surface area contributed by atoms with Gasteiger partial charge in [-0.15, -0.1) is 11.3 Å². The number of nitrogens with zero attached hydrogens (tertiary/aromatic N) is 2. The summed E-state index contributed by atoms with van der Waals surface area (Å²) in [7, 11) is 0. The van der Waals surface area contributed by atoms with Gasteiger partial charge in [0.2, 0.25) is 0 Å². The van der Waals surface area contributed by atoms with Crippen molar-refractivity contribution in [2.45, 2.75) is 39.5 Å². The number of carbonyl (C=O) groups is 1. The van der Waals surface area contributed by atoms with Crippen molar-refractivity contribution in [3.8, 4) is 21.7 Å². The first-order valence-electron chi connectivity index (χ1n) is 11.8. The number of thiazole rings is 1. The van der Waals surface area contributed by atoms with Crippen LogP contribution in [-0.4, -0.2) is 42.1 Å². The van der Waals surface area contributed by atoms with Crippen LogP contribution in [0.1, 0.15) is 43.2 Å². The SMILES string of the molecule is CCOC(=O)C=C(C)CN1CCC(c2nc(-c3ccc(Cl)cc3)c(-c3ccc(C)cc3)s2)CC1. The lowest BCUT2D eigenvalue weighted by atomic mass is 9.97. The summed E-state index contributed by atoms with van der Waals surface area (Å²) in [5.74, 6) is 0.192. The second-order valence-electron chi connectivity index (χ2n) is 8.90. The fraction of sp³-hybridized carbons (Fsp3) is 0.357. The molecule has 1 saturated heterocycles. The van der Waals surface area contributed by atoms with Crippen molar-refractivity contribution in [1.82, 2.24) is 9.88 Å². The Morgan fingerprint density at radius 2 is 1.76 bits per heavy atom. The molecule has 0 atom stereocenters. The average molecular weight is 495 g/mol.